The van der Waals surface area contributed by atoms with Crippen LogP contribution in [0.4, 0.5) is 5.69 Å². The highest BCUT2D eigenvalue weighted by Gasteiger charge is 2.07. The number of anilines is 1. The highest BCUT2D eigenvalue weighted by atomic mass is 16.5. The molecule has 0 spiro atoms. The molecule has 0 aliphatic heterocycles. The third-order valence-corrected chi connectivity index (χ3v) is 3.71. The van der Waals surface area contributed by atoms with E-state index in [2.05, 4.69) is 12.2 Å². The largest absolute Gasteiger partial charge is 0.491 e. The minimum absolute atomic E-state index is 0.00734. The maximum atomic E-state index is 12.0. The van der Waals surface area contributed by atoms with Gasteiger partial charge in [0.05, 0.1) is 12.3 Å². The van der Waals surface area contributed by atoms with Crippen molar-refractivity contribution < 1.29 is 19.4 Å². The average molecular weight is 335 g/mol. The van der Waals surface area contributed by atoms with E-state index in [0.717, 1.165) is 44.2 Å². The Kier molecular flexibility index (Phi) is 10.3. The lowest BCUT2D eigenvalue weighted by molar-refractivity contribution is -0.137. The van der Waals surface area contributed by atoms with Gasteiger partial charge in [-0.3, -0.25) is 9.59 Å². The molecular formula is C19H29NO4. The van der Waals surface area contributed by atoms with Gasteiger partial charge in [-0.05, 0) is 31.4 Å². The molecule has 5 nitrogen and oxygen atoms in total. The molecule has 0 radical (unpaired) electrons. The Bertz CT molecular complexity index is 502. The molecule has 0 saturated heterocycles. The number of para-hydroxylation sites is 2. The number of carbonyl (C=O) groups is 2. The normalized spacial score (nSPS) is 10.4. The number of ether oxygens (including phenoxy) is 1. The molecule has 1 amide bonds. The second kappa shape index (κ2) is 12.4. The minimum Gasteiger partial charge on any atom is -0.491 e. The molecule has 1 aromatic carbocycles. The molecule has 0 heterocycles. The number of carboxylic acids is 1. The first-order valence-corrected chi connectivity index (χ1v) is 8.87. The summed E-state index contributed by atoms with van der Waals surface area (Å²) in [5.41, 5.74) is 0.722. The molecule has 0 bridgehead atoms. The highest BCUT2D eigenvalue weighted by molar-refractivity contribution is 5.92. The van der Waals surface area contributed by atoms with Gasteiger partial charge in [0.15, 0.2) is 0 Å². The molecule has 0 aliphatic carbocycles. The molecule has 1 rings (SSSR count). The lowest BCUT2D eigenvalue weighted by Crippen LogP contribution is -2.12. The monoisotopic (exact) mass is 335 g/mol. The Morgan fingerprint density at radius 3 is 2.38 bits per heavy atom. The van der Waals surface area contributed by atoms with Crippen LogP contribution in [0.15, 0.2) is 24.3 Å². The fraction of sp³-hybridized carbons (Fsp3) is 0.579. The lowest BCUT2D eigenvalue weighted by atomic mass is 10.1. The van der Waals surface area contributed by atoms with Crippen molar-refractivity contribution in [2.45, 2.75) is 64.7 Å². The molecule has 2 N–H and O–H groups in total. The van der Waals surface area contributed by atoms with E-state index in [1.54, 1.807) is 0 Å². The first kappa shape index (κ1) is 20.0. The number of benzene rings is 1. The number of hydrogen-bond donors (Lipinski definition) is 2. The maximum Gasteiger partial charge on any atom is 0.303 e. The number of aliphatic carboxylic acids is 1. The lowest BCUT2D eigenvalue weighted by Gasteiger charge is -2.12. The zero-order valence-electron chi connectivity index (χ0n) is 14.6. The first-order chi connectivity index (χ1) is 11.6. The minimum atomic E-state index is -0.741. The molecule has 5 heteroatoms. The molecule has 1 aromatic rings. The van der Waals surface area contributed by atoms with Crippen LogP contribution >= 0.6 is 0 Å². The van der Waals surface area contributed by atoms with Crippen molar-refractivity contribution in [1.29, 1.82) is 0 Å². The third-order valence-electron chi connectivity index (χ3n) is 3.71. The van der Waals surface area contributed by atoms with Crippen molar-refractivity contribution in [3.8, 4) is 5.75 Å². The second-order valence-corrected chi connectivity index (χ2v) is 5.91. The predicted octanol–water partition coefficient (Wildman–Crippen LogP) is 4.62. The van der Waals surface area contributed by atoms with Gasteiger partial charge in [0.2, 0.25) is 5.91 Å². The van der Waals surface area contributed by atoms with Crippen molar-refractivity contribution in [1.82, 2.24) is 0 Å². The smallest absolute Gasteiger partial charge is 0.303 e. The zero-order chi connectivity index (χ0) is 17.6. The summed E-state index contributed by atoms with van der Waals surface area (Å²) in [5.74, 6) is -0.0331. The van der Waals surface area contributed by atoms with Gasteiger partial charge < -0.3 is 15.2 Å². The van der Waals surface area contributed by atoms with Gasteiger partial charge in [0.25, 0.3) is 0 Å². The van der Waals surface area contributed by atoms with Crippen molar-refractivity contribution in [3.63, 3.8) is 0 Å². The molecule has 0 aromatic heterocycles. The number of amides is 1. The Hall–Kier alpha value is -2.04. The molecule has 134 valence electrons. The molecule has 0 aliphatic rings. The van der Waals surface area contributed by atoms with Gasteiger partial charge in [-0.15, -0.1) is 0 Å². The summed E-state index contributed by atoms with van der Waals surface area (Å²) >= 11 is 0. The van der Waals surface area contributed by atoms with Crippen LogP contribution in [0.3, 0.4) is 0 Å². The van der Waals surface area contributed by atoms with Crippen molar-refractivity contribution >= 4 is 17.6 Å². The SMILES string of the molecule is CCCCOc1ccccc1NC(=O)CCCCCCCC(=O)O. The average Bonchev–Trinajstić information content (AvgIpc) is 2.55. The van der Waals surface area contributed by atoms with Crippen LogP contribution in [0.2, 0.25) is 0 Å². The quantitative estimate of drug-likeness (QED) is 0.516. The van der Waals surface area contributed by atoms with Gasteiger partial charge in [-0.25, -0.2) is 0 Å². The van der Waals surface area contributed by atoms with E-state index in [0.29, 0.717) is 25.2 Å². The predicted molar refractivity (Wildman–Crippen MR) is 95.4 cm³/mol. The van der Waals surface area contributed by atoms with E-state index in [-0.39, 0.29) is 12.3 Å². The number of carbonyl (C=O) groups excluding carboxylic acids is 1. The van der Waals surface area contributed by atoms with E-state index in [1.165, 1.54) is 0 Å². The van der Waals surface area contributed by atoms with Gasteiger partial charge in [0, 0.05) is 12.8 Å². The summed E-state index contributed by atoms with van der Waals surface area (Å²) in [6, 6.07) is 7.50. The molecule has 0 saturated carbocycles. The summed E-state index contributed by atoms with van der Waals surface area (Å²) in [5, 5.41) is 11.5. The van der Waals surface area contributed by atoms with E-state index in [1.807, 2.05) is 24.3 Å². The van der Waals surface area contributed by atoms with Crippen LogP contribution in [-0.4, -0.2) is 23.6 Å². The second-order valence-electron chi connectivity index (χ2n) is 5.91. The van der Waals surface area contributed by atoms with Gasteiger partial charge >= 0.3 is 5.97 Å². The summed E-state index contributed by atoms with van der Waals surface area (Å²) in [7, 11) is 0. The number of unbranched alkanes of at least 4 members (excludes halogenated alkanes) is 5. The number of rotatable bonds is 13. The van der Waals surface area contributed by atoms with Gasteiger partial charge in [-0.2, -0.15) is 0 Å². The summed E-state index contributed by atoms with van der Waals surface area (Å²) < 4.78 is 5.71. The topological polar surface area (TPSA) is 75.6 Å². The highest BCUT2D eigenvalue weighted by Crippen LogP contribution is 2.24. The Morgan fingerprint density at radius 1 is 1.00 bits per heavy atom. The van der Waals surface area contributed by atoms with Crippen molar-refractivity contribution in [2.24, 2.45) is 0 Å². The van der Waals surface area contributed by atoms with Crippen LogP contribution in [0.1, 0.15) is 64.7 Å². The summed E-state index contributed by atoms with van der Waals surface area (Å²) in [4.78, 5) is 22.4. The standard InChI is InChI=1S/C19H29NO4/c1-2-3-15-24-17-12-10-9-11-16(17)20-18(21)13-7-5-4-6-8-14-19(22)23/h9-12H,2-8,13-15H2,1H3,(H,20,21)(H,22,23). The number of carboxylic acid groups (broad SMARTS) is 1. The molecule has 0 atom stereocenters. The van der Waals surface area contributed by atoms with E-state index >= 15 is 0 Å². The van der Waals surface area contributed by atoms with E-state index < -0.39 is 5.97 Å². The third kappa shape index (κ3) is 9.18. The molecular weight excluding hydrogens is 306 g/mol. The van der Waals surface area contributed by atoms with Gasteiger partial charge in [0.1, 0.15) is 5.75 Å². The fourth-order valence-corrected chi connectivity index (χ4v) is 2.33. The van der Waals surface area contributed by atoms with Crippen LogP contribution < -0.4 is 10.1 Å². The Labute approximate surface area is 144 Å². The molecule has 0 unspecified atom stereocenters. The summed E-state index contributed by atoms with van der Waals surface area (Å²) in [6.07, 6.45) is 7.12. The Balaban J connectivity index is 2.24. The maximum absolute atomic E-state index is 12.0. The summed E-state index contributed by atoms with van der Waals surface area (Å²) in [6.45, 7) is 2.76. The fourth-order valence-electron chi connectivity index (χ4n) is 2.33. The van der Waals surface area contributed by atoms with E-state index in [4.69, 9.17) is 9.84 Å². The van der Waals surface area contributed by atoms with Crippen LogP contribution in [-0.2, 0) is 9.59 Å². The number of nitrogens with one attached hydrogen (secondary N) is 1. The Morgan fingerprint density at radius 2 is 1.67 bits per heavy atom. The van der Waals surface area contributed by atoms with Gasteiger partial charge in [-0.1, -0.05) is 44.7 Å². The zero-order valence-corrected chi connectivity index (χ0v) is 14.6. The molecule has 24 heavy (non-hydrogen) atoms. The van der Waals surface area contributed by atoms with Crippen LogP contribution in [0.5, 0.6) is 5.75 Å². The van der Waals surface area contributed by atoms with Crippen molar-refractivity contribution in [3.05, 3.63) is 24.3 Å². The van der Waals surface area contributed by atoms with Crippen LogP contribution in [0, 0.1) is 0 Å². The van der Waals surface area contributed by atoms with E-state index in [9.17, 15) is 9.59 Å². The van der Waals surface area contributed by atoms with Crippen LogP contribution in [0.25, 0.3) is 0 Å². The first-order valence-electron chi connectivity index (χ1n) is 8.87. The van der Waals surface area contributed by atoms with Crippen molar-refractivity contribution in [2.75, 3.05) is 11.9 Å². The molecule has 0 fully saturated rings. The number of hydrogen-bond acceptors (Lipinski definition) is 3.